The number of carbonyl (C=O) groups excluding carboxylic acids is 2. The highest BCUT2D eigenvalue weighted by Crippen LogP contribution is 2.35. The van der Waals surface area contributed by atoms with Gasteiger partial charge in [-0.05, 0) is 25.7 Å². The third kappa shape index (κ3) is 8.75. The van der Waals surface area contributed by atoms with Gasteiger partial charge >= 0.3 is 13.8 Å². The predicted octanol–water partition coefficient (Wildman–Crippen LogP) is -2.96. The maximum Gasteiger partial charge on any atom is 0.469 e. The van der Waals surface area contributed by atoms with Crippen LogP contribution in [0.2, 0.25) is 0 Å². The molecule has 0 spiro atoms. The Kier molecular flexibility index (Phi) is 9.46. The molecule has 0 bridgehead atoms. The Labute approximate surface area is 166 Å². The zero-order valence-electron chi connectivity index (χ0n) is 15.6. The van der Waals surface area contributed by atoms with Crippen molar-refractivity contribution in [2.75, 3.05) is 19.7 Å². The van der Waals surface area contributed by atoms with E-state index in [9.17, 15) is 24.1 Å². The summed E-state index contributed by atoms with van der Waals surface area (Å²) in [4.78, 5) is 58.6. The average Bonchev–Trinajstić information content (AvgIpc) is 3.10. The van der Waals surface area contributed by atoms with E-state index in [0.29, 0.717) is 19.3 Å². The lowest BCUT2D eigenvalue weighted by Crippen LogP contribution is -2.54. The highest BCUT2D eigenvalue weighted by Gasteiger charge is 2.38. The number of nitrogens with two attached hydrogens (primary N) is 3. The number of aliphatic carboxylic acids is 1. The van der Waals surface area contributed by atoms with E-state index < -0.39 is 50.3 Å². The fraction of sp³-hybridized carbons (Fsp3) is 0.714. The van der Waals surface area contributed by atoms with Crippen molar-refractivity contribution in [1.82, 2.24) is 10.2 Å². The van der Waals surface area contributed by atoms with Gasteiger partial charge in [-0.1, -0.05) is 0 Å². The first kappa shape index (κ1) is 24.8. The molecule has 2 amide bonds. The summed E-state index contributed by atoms with van der Waals surface area (Å²) in [5.41, 5.74) is 16.0. The Morgan fingerprint density at radius 3 is 2.52 bits per heavy atom. The number of phosphoric ester groups is 1. The quantitative estimate of drug-likeness (QED) is 0.0743. The number of hydrogen-bond acceptors (Lipinski definition) is 7. The number of hydrogen-bond donors (Lipinski definition) is 7. The molecule has 15 heteroatoms. The molecule has 29 heavy (non-hydrogen) atoms. The van der Waals surface area contributed by atoms with Crippen molar-refractivity contribution in [3.63, 3.8) is 0 Å². The Morgan fingerprint density at radius 1 is 1.31 bits per heavy atom. The standard InChI is InChI=1S/C14H27N6O8P/c15-8(7-28-29(25,26)27)12(22)20-6-2-4-10(20)11(21)19-9(13(23)24)3-1-5-18-14(16)17/h8-10H,1-7,15H2,(H,19,21)(H,23,24)(H4,16,17,18)(H2,25,26,27)/t8-,9-,10-/m0/s1. The largest absolute Gasteiger partial charge is 0.480 e. The number of aliphatic imine (C=N–C) groups is 1. The summed E-state index contributed by atoms with van der Waals surface area (Å²) >= 11 is 0. The second-order valence-corrected chi connectivity index (χ2v) is 7.67. The van der Waals surface area contributed by atoms with Crippen molar-refractivity contribution in [1.29, 1.82) is 0 Å². The van der Waals surface area contributed by atoms with E-state index in [-0.39, 0.29) is 25.5 Å². The number of likely N-dealkylation sites (tertiary alicyclic amines) is 1. The Balaban J connectivity index is 2.68. The van der Waals surface area contributed by atoms with Crippen LogP contribution in [0.1, 0.15) is 25.7 Å². The van der Waals surface area contributed by atoms with E-state index in [2.05, 4.69) is 14.8 Å². The van der Waals surface area contributed by atoms with Gasteiger partial charge in [-0.25, -0.2) is 9.36 Å². The highest BCUT2D eigenvalue weighted by atomic mass is 31.2. The molecule has 0 aliphatic carbocycles. The van der Waals surface area contributed by atoms with Gasteiger partial charge in [0.1, 0.15) is 18.1 Å². The van der Waals surface area contributed by atoms with Crippen molar-refractivity contribution in [3.05, 3.63) is 0 Å². The van der Waals surface area contributed by atoms with Crippen molar-refractivity contribution < 1.29 is 38.4 Å². The maximum absolute atomic E-state index is 12.5. The van der Waals surface area contributed by atoms with Gasteiger partial charge in [0.05, 0.1) is 6.61 Å². The molecule has 0 aromatic heterocycles. The zero-order chi connectivity index (χ0) is 22.2. The van der Waals surface area contributed by atoms with Crippen LogP contribution in [0.15, 0.2) is 4.99 Å². The van der Waals surface area contributed by atoms with E-state index in [1.54, 1.807) is 0 Å². The molecule has 0 radical (unpaired) electrons. The van der Waals surface area contributed by atoms with E-state index in [4.69, 9.17) is 27.0 Å². The highest BCUT2D eigenvalue weighted by molar-refractivity contribution is 7.46. The van der Waals surface area contributed by atoms with E-state index in [1.165, 1.54) is 0 Å². The number of phosphoric acid groups is 1. The number of guanidine groups is 1. The minimum absolute atomic E-state index is 0.0775. The molecule has 166 valence electrons. The zero-order valence-corrected chi connectivity index (χ0v) is 16.5. The molecule has 1 aliphatic heterocycles. The smallest absolute Gasteiger partial charge is 0.469 e. The minimum atomic E-state index is -4.80. The van der Waals surface area contributed by atoms with Gasteiger partial charge < -0.3 is 42.3 Å². The molecule has 0 unspecified atom stereocenters. The molecular formula is C14H27N6O8P. The molecular weight excluding hydrogens is 411 g/mol. The van der Waals surface area contributed by atoms with Crippen molar-refractivity contribution >= 4 is 31.6 Å². The minimum Gasteiger partial charge on any atom is -0.480 e. The number of amides is 2. The van der Waals surface area contributed by atoms with Gasteiger partial charge in [0, 0.05) is 13.1 Å². The first-order chi connectivity index (χ1) is 13.4. The molecule has 1 fully saturated rings. The lowest BCUT2D eigenvalue weighted by atomic mass is 10.1. The molecule has 0 saturated carbocycles. The first-order valence-electron chi connectivity index (χ1n) is 8.77. The Morgan fingerprint density at radius 2 is 1.97 bits per heavy atom. The normalized spacial score (nSPS) is 18.7. The Bertz CT molecular complexity index is 679. The van der Waals surface area contributed by atoms with Crippen LogP contribution in [-0.2, 0) is 23.5 Å². The van der Waals surface area contributed by atoms with Crippen LogP contribution in [0.4, 0.5) is 0 Å². The van der Waals surface area contributed by atoms with Crippen LogP contribution < -0.4 is 22.5 Å². The average molecular weight is 438 g/mol. The summed E-state index contributed by atoms with van der Waals surface area (Å²) in [6.45, 7) is -0.330. The molecule has 10 N–H and O–H groups in total. The summed E-state index contributed by atoms with van der Waals surface area (Å²) in [6.07, 6.45) is 1.17. The maximum atomic E-state index is 12.5. The van der Waals surface area contributed by atoms with E-state index in [1.807, 2.05) is 0 Å². The predicted molar refractivity (Wildman–Crippen MR) is 100 cm³/mol. The van der Waals surface area contributed by atoms with Crippen LogP contribution in [0.3, 0.4) is 0 Å². The van der Waals surface area contributed by atoms with Crippen LogP contribution in [0.25, 0.3) is 0 Å². The molecule has 1 aliphatic rings. The number of carbonyl (C=O) groups is 3. The Hall–Kier alpha value is -2.25. The van der Waals surface area contributed by atoms with E-state index in [0.717, 1.165) is 4.90 Å². The van der Waals surface area contributed by atoms with Crippen molar-refractivity contribution in [2.24, 2.45) is 22.2 Å². The molecule has 1 saturated heterocycles. The number of nitrogens with one attached hydrogen (secondary N) is 1. The number of nitrogens with zero attached hydrogens (tertiary/aromatic N) is 2. The van der Waals surface area contributed by atoms with Gasteiger partial charge in [0.2, 0.25) is 11.8 Å². The van der Waals surface area contributed by atoms with Gasteiger partial charge in [-0.3, -0.25) is 19.1 Å². The lowest BCUT2D eigenvalue weighted by Gasteiger charge is -2.27. The molecule has 0 aromatic rings. The summed E-state index contributed by atoms with van der Waals surface area (Å²) in [7, 11) is -4.80. The topological polar surface area (TPSA) is 244 Å². The van der Waals surface area contributed by atoms with Crippen LogP contribution in [-0.4, -0.2) is 81.4 Å². The first-order valence-corrected chi connectivity index (χ1v) is 10.3. The van der Waals surface area contributed by atoms with Gasteiger partial charge in [0.25, 0.3) is 0 Å². The number of carboxylic acids is 1. The van der Waals surface area contributed by atoms with Gasteiger partial charge in [0.15, 0.2) is 5.96 Å². The van der Waals surface area contributed by atoms with Crippen LogP contribution in [0, 0.1) is 0 Å². The monoisotopic (exact) mass is 438 g/mol. The fourth-order valence-electron chi connectivity index (χ4n) is 2.79. The van der Waals surface area contributed by atoms with E-state index >= 15 is 0 Å². The fourth-order valence-corrected chi connectivity index (χ4v) is 3.15. The number of carboxylic acid groups (broad SMARTS) is 1. The molecule has 3 atom stereocenters. The second-order valence-electron chi connectivity index (χ2n) is 6.43. The summed E-state index contributed by atoms with van der Waals surface area (Å²) in [5, 5.41) is 11.7. The molecule has 0 aromatic carbocycles. The second kappa shape index (κ2) is 11.1. The summed E-state index contributed by atoms with van der Waals surface area (Å²) < 4.78 is 15.0. The molecule has 1 heterocycles. The van der Waals surface area contributed by atoms with Gasteiger partial charge in [-0.2, -0.15) is 0 Å². The summed E-state index contributed by atoms with van der Waals surface area (Å²) in [6, 6.07) is -3.52. The number of rotatable bonds is 11. The molecule has 1 rings (SSSR count). The molecule has 14 nitrogen and oxygen atoms in total. The van der Waals surface area contributed by atoms with Crippen molar-refractivity contribution in [3.8, 4) is 0 Å². The summed E-state index contributed by atoms with van der Waals surface area (Å²) in [5.74, 6) is -2.75. The lowest BCUT2D eigenvalue weighted by molar-refractivity contribution is -0.144. The SMILES string of the molecule is NC(N)=NCCC[C@H](NC(=O)[C@@H]1CCCN1C(=O)[C@@H](N)COP(=O)(O)O)C(=O)O. The van der Waals surface area contributed by atoms with Crippen LogP contribution in [0.5, 0.6) is 0 Å². The van der Waals surface area contributed by atoms with Crippen LogP contribution >= 0.6 is 7.82 Å². The third-order valence-corrected chi connectivity index (χ3v) is 4.62. The van der Waals surface area contributed by atoms with Crippen molar-refractivity contribution in [2.45, 2.75) is 43.8 Å². The third-order valence-electron chi connectivity index (χ3n) is 4.14. The van der Waals surface area contributed by atoms with Gasteiger partial charge in [-0.15, -0.1) is 0 Å².